The predicted molar refractivity (Wildman–Crippen MR) is 89.6 cm³/mol. The highest BCUT2D eigenvalue weighted by molar-refractivity contribution is 5.91. The molecule has 0 unspecified atom stereocenters. The average Bonchev–Trinajstić information content (AvgIpc) is 2.58. The number of carbonyl (C=O) groups is 2. The Kier molecular flexibility index (Phi) is 6.19. The van der Waals surface area contributed by atoms with Crippen LogP contribution in [0, 0.1) is 0 Å². The van der Waals surface area contributed by atoms with Crippen molar-refractivity contribution in [2.75, 3.05) is 6.54 Å². The lowest BCUT2D eigenvalue weighted by atomic mass is 10.2. The number of aliphatic carboxylic acids is 1. The van der Waals surface area contributed by atoms with E-state index in [2.05, 4.69) is 15.5 Å². The summed E-state index contributed by atoms with van der Waals surface area (Å²) in [4.78, 5) is 21.4. The number of aromatic carboxylic acids is 1. The monoisotopic (exact) mass is 343 g/mol. The van der Waals surface area contributed by atoms with Gasteiger partial charge in [0.25, 0.3) is 0 Å². The third-order valence-electron chi connectivity index (χ3n) is 3.27. The number of azo groups is 1. The minimum absolute atomic E-state index is 0.0667. The molecule has 0 aliphatic heterocycles. The number of carboxylic acids is 2. The molecule has 0 saturated carbocycles. The van der Waals surface area contributed by atoms with Gasteiger partial charge in [-0.05, 0) is 35.9 Å². The van der Waals surface area contributed by atoms with Crippen molar-refractivity contribution >= 4 is 23.3 Å². The van der Waals surface area contributed by atoms with Gasteiger partial charge in [-0.2, -0.15) is 10.2 Å². The Morgan fingerprint density at radius 2 is 1.60 bits per heavy atom. The molecule has 0 aliphatic carbocycles. The van der Waals surface area contributed by atoms with Gasteiger partial charge in [0.15, 0.2) is 0 Å². The van der Waals surface area contributed by atoms with Gasteiger partial charge in [0.2, 0.25) is 0 Å². The maximum Gasteiger partial charge on any atom is 0.339 e. The van der Waals surface area contributed by atoms with Crippen molar-refractivity contribution in [1.29, 1.82) is 0 Å². The first-order valence-electron chi connectivity index (χ1n) is 7.45. The van der Waals surface area contributed by atoms with Crippen molar-refractivity contribution in [1.82, 2.24) is 5.32 Å². The number of hydrogen-bond donors (Lipinski definition) is 4. The Balaban J connectivity index is 1.96. The first-order valence-corrected chi connectivity index (χ1v) is 7.45. The molecule has 0 amide bonds. The van der Waals surface area contributed by atoms with Gasteiger partial charge in [0.05, 0.1) is 17.8 Å². The number of carboxylic acid groups (broad SMARTS) is 2. The van der Waals surface area contributed by atoms with Gasteiger partial charge in [0, 0.05) is 13.1 Å². The van der Waals surface area contributed by atoms with Crippen LogP contribution in [0.3, 0.4) is 0 Å². The normalized spacial score (nSPS) is 10.9. The second-order valence-electron chi connectivity index (χ2n) is 5.19. The van der Waals surface area contributed by atoms with Crippen molar-refractivity contribution in [2.45, 2.75) is 13.0 Å². The number of aromatic hydroxyl groups is 1. The molecule has 130 valence electrons. The van der Waals surface area contributed by atoms with Gasteiger partial charge in [-0.1, -0.05) is 12.1 Å². The quantitative estimate of drug-likeness (QED) is 0.430. The highest BCUT2D eigenvalue weighted by atomic mass is 16.4. The first kappa shape index (κ1) is 18.1. The maximum absolute atomic E-state index is 11.0. The first-order chi connectivity index (χ1) is 12.0. The summed E-state index contributed by atoms with van der Waals surface area (Å²) in [6.45, 7) is 0.939. The van der Waals surface area contributed by atoms with E-state index in [4.69, 9.17) is 10.2 Å². The topological polar surface area (TPSA) is 132 Å². The smallest absolute Gasteiger partial charge is 0.339 e. The van der Waals surface area contributed by atoms with E-state index >= 15 is 0 Å². The number of hydrogen-bond acceptors (Lipinski definition) is 6. The van der Waals surface area contributed by atoms with Crippen LogP contribution in [-0.4, -0.2) is 33.8 Å². The Morgan fingerprint density at radius 3 is 2.24 bits per heavy atom. The molecule has 2 rings (SSSR count). The molecular formula is C17H17N3O5. The van der Waals surface area contributed by atoms with E-state index < -0.39 is 11.9 Å². The third kappa shape index (κ3) is 5.70. The Labute approximate surface area is 143 Å². The zero-order chi connectivity index (χ0) is 18.2. The Bertz CT molecular complexity index is 787. The van der Waals surface area contributed by atoms with Crippen molar-refractivity contribution in [3.8, 4) is 5.75 Å². The van der Waals surface area contributed by atoms with Crippen molar-refractivity contribution in [2.24, 2.45) is 10.2 Å². The number of nitrogens with one attached hydrogen (secondary N) is 1. The fraction of sp³-hybridized carbons (Fsp3) is 0.176. The summed E-state index contributed by atoms with van der Waals surface area (Å²) in [5, 5.41) is 37.9. The lowest BCUT2D eigenvalue weighted by Crippen LogP contribution is -2.17. The number of rotatable bonds is 8. The van der Waals surface area contributed by atoms with E-state index in [9.17, 15) is 14.7 Å². The van der Waals surface area contributed by atoms with Crippen molar-refractivity contribution in [3.05, 3.63) is 53.6 Å². The standard InChI is InChI=1S/C17H17N3O5/c21-15-6-5-13(9-14(15)17(24)25)20-19-12-3-1-11(2-4-12)10-18-8-7-16(22)23/h1-6,9,18,21H,7-8,10H2,(H,22,23)(H,24,25). The van der Waals surface area contributed by atoms with Crippen LogP contribution >= 0.6 is 0 Å². The molecule has 2 aromatic carbocycles. The van der Waals surface area contributed by atoms with Gasteiger partial charge in [-0.25, -0.2) is 4.79 Å². The summed E-state index contributed by atoms with van der Waals surface area (Å²) in [5.41, 5.74) is 1.63. The van der Waals surface area contributed by atoms with E-state index in [1.165, 1.54) is 18.2 Å². The molecule has 0 saturated heterocycles. The molecule has 0 radical (unpaired) electrons. The SMILES string of the molecule is O=C(O)CCNCc1ccc(N=Nc2ccc(O)c(C(=O)O)c2)cc1. The Hall–Kier alpha value is -3.26. The summed E-state index contributed by atoms with van der Waals surface area (Å²) in [7, 11) is 0. The molecule has 0 atom stereocenters. The highest BCUT2D eigenvalue weighted by Crippen LogP contribution is 2.25. The molecular weight excluding hydrogens is 326 g/mol. The minimum atomic E-state index is -1.24. The van der Waals surface area contributed by atoms with E-state index in [1.54, 1.807) is 12.1 Å². The molecule has 2 aromatic rings. The molecule has 0 aromatic heterocycles. The van der Waals surface area contributed by atoms with E-state index in [1.807, 2.05) is 12.1 Å². The number of benzene rings is 2. The fourth-order valence-corrected chi connectivity index (χ4v) is 1.98. The highest BCUT2D eigenvalue weighted by Gasteiger charge is 2.09. The van der Waals surface area contributed by atoms with Gasteiger partial charge in [-0.3, -0.25) is 4.79 Å². The predicted octanol–water partition coefficient (Wildman–Crippen LogP) is 3.07. The summed E-state index contributed by atoms with van der Waals surface area (Å²) >= 11 is 0. The Morgan fingerprint density at radius 1 is 0.960 bits per heavy atom. The molecule has 0 fully saturated rings. The van der Waals surface area contributed by atoms with E-state index in [0.29, 0.717) is 24.5 Å². The van der Waals surface area contributed by atoms with Crippen LogP contribution in [0.5, 0.6) is 5.75 Å². The molecule has 4 N–H and O–H groups in total. The summed E-state index contributed by atoms with van der Waals surface area (Å²) in [6.07, 6.45) is 0.0667. The van der Waals surface area contributed by atoms with Crippen molar-refractivity contribution < 1.29 is 24.9 Å². The molecule has 0 bridgehead atoms. The second-order valence-corrected chi connectivity index (χ2v) is 5.19. The zero-order valence-electron chi connectivity index (χ0n) is 13.2. The summed E-state index contributed by atoms with van der Waals surface area (Å²) in [5.74, 6) is -2.41. The summed E-state index contributed by atoms with van der Waals surface area (Å²) < 4.78 is 0. The lowest BCUT2D eigenvalue weighted by molar-refractivity contribution is -0.136. The largest absolute Gasteiger partial charge is 0.507 e. The van der Waals surface area contributed by atoms with Crippen molar-refractivity contribution in [3.63, 3.8) is 0 Å². The molecule has 0 aliphatic rings. The van der Waals surface area contributed by atoms with Gasteiger partial charge < -0.3 is 20.6 Å². The second kappa shape index (κ2) is 8.55. The molecule has 25 heavy (non-hydrogen) atoms. The maximum atomic E-state index is 11.0. The van der Waals surface area contributed by atoms with Gasteiger partial charge in [0.1, 0.15) is 11.3 Å². The summed E-state index contributed by atoms with van der Waals surface area (Å²) in [6, 6.07) is 11.1. The van der Waals surface area contributed by atoms with Gasteiger partial charge >= 0.3 is 11.9 Å². The lowest BCUT2D eigenvalue weighted by Gasteiger charge is -2.03. The van der Waals surface area contributed by atoms with Crippen LogP contribution < -0.4 is 5.32 Å². The zero-order valence-corrected chi connectivity index (χ0v) is 13.2. The van der Waals surface area contributed by atoms with E-state index in [0.717, 1.165) is 5.56 Å². The number of nitrogens with zero attached hydrogens (tertiary/aromatic N) is 2. The fourth-order valence-electron chi connectivity index (χ4n) is 1.98. The van der Waals surface area contributed by atoms with Crippen LogP contribution in [0.15, 0.2) is 52.7 Å². The van der Waals surface area contributed by atoms with Crippen LogP contribution in [0.25, 0.3) is 0 Å². The van der Waals surface area contributed by atoms with E-state index in [-0.39, 0.29) is 17.7 Å². The van der Waals surface area contributed by atoms with Gasteiger partial charge in [-0.15, -0.1) is 0 Å². The molecule has 8 nitrogen and oxygen atoms in total. The average molecular weight is 343 g/mol. The van der Waals surface area contributed by atoms with Crippen LogP contribution in [0.1, 0.15) is 22.3 Å². The molecule has 8 heteroatoms. The van der Waals surface area contributed by atoms with Crippen LogP contribution in [0.2, 0.25) is 0 Å². The molecule has 0 heterocycles. The van der Waals surface area contributed by atoms with Crippen LogP contribution in [-0.2, 0) is 11.3 Å². The third-order valence-corrected chi connectivity index (χ3v) is 3.27. The number of phenols is 1. The van der Waals surface area contributed by atoms with Crippen LogP contribution in [0.4, 0.5) is 11.4 Å². The minimum Gasteiger partial charge on any atom is -0.507 e. The molecule has 0 spiro atoms.